The molecule has 6 nitrogen and oxygen atoms in total. The summed E-state index contributed by atoms with van der Waals surface area (Å²) in [6.45, 7) is 3.89. The lowest BCUT2D eigenvalue weighted by Crippen LogP contribution is -2.13. The van der Waals surface area contributed by atoms with Crippen LogP contribution in [0.5, 0.6) is 5.75 Å². The van der Waals surface area contributed by atoms with Gasteiger partial charge in [0, 0.05) is 16.6 Å². The van der Waals surface area contributed by atoms with Gasteiger partial charge in [-0.05, 0) is 44.6 Å². The highest BCUT2D eigenvalue weighted by Crippen LogP contribution is 2.28. The van der Waals surface area contributed by atoms with E-state index < -0.39 is 9.84 Å². The maximum absolute atomic E-state index is 11.8. The second kappa shape index (κ2) is 6.49. The molecule has 0 amide bonds. The Labute approximate surface area is 158 Å². The van der Waals surface area contributed by atoms with Gasteiger partial charge in [-0.3, -0.25) is 4.68 Å². The lowest BCUT2D eigenvalue weighted by molar-refractivity contribution is 0.480. The van der Waals surface area contributed by atoms with E-state index >= 15 is 0 Å². The van der Waals surface area contributed by atoms with Crippen molar-refractivity contribution in [3.05, 3.63) is 53.0 Å². The van der Waals surface area contributed by atoms with Crippen molar-refractivity contribution in [3.8, 4) is 5.75 Å². The van der Waals surface area contributed by atoms with Crippen LogP contribution in [0.2, 0.25) is 0 Å². The van der Waals surface area contributed by atoms with E-state index in [-0.39, 0.29) is 23.3 Å². The van der Waals surface area contributed by atoms with Crippen molar-refractivity contribution >= 4 is 32.9 Å². The zero-order valence-electron chi connectivity index (χ0n) is 15.3. The predicted octanol–water partition coefficient (Wildman–Crippen LogP) is 3.28. The molecule has 3 aromatic rings. The average molecular weight is 383 g/mol. The minimum absolute atomic E-state index is 0.0911. The highest BCUT2D eigenvalue weighted by Gasteiger charge is 2.31. The third kappa shape index (κ3) is 3.35. The lowest BCUT2D eigenvalue weighted by Gasteiger charge is -2.10. The number of pyridine rings is 1. The quantitative estimate of drug-likeness (QED) is 0.750. The molecular weight excluding hydrogens is 362 g/mol. The van der Waals surface area contributed by atoms with Crippen molar-refractivity contribution in [2.75, 3.05) is 11.5 Å². The molecule has 2 aromatic heterocycles. The summed E-state index contributed by atoms with van der Waals surface area (Å²) in [5.74, 6) is 0.542. The summed E-state index contributed by atoms with van der Waals surface area (Å²) >= 11 is 0. The van der Waals surface area contributed by atoms with E-state index in [9.17, 15) is 13.5 Å². The molecule has 0 radical (unpaired) electrons. The highest BCUT2D eigenvalue weighted by atomic mass is 32.2. The Morgan fingerprint density at radius 3 is 2.74 bits per heavy atom. The molecule has 1 saturated heterocycles. The zero-order valence-corrected chi connectivity index (χ0v) is 16.1. The summed E-state index contributed by atoms with van der Waals surface area (Å²) < 4.78 is 25.4. The zero-order chi connectivity index (χ0) is 19.2. The first kappa shape index (κ1) is 17.7. The van der Waals surface area contributed by atoms with E-state index in [0.717, 1.165) is 28.0 Å². The van der Waals surface area contributed by atoms with Gasteiger partial charge in [-0.25, -0.2) is 13.4 Å². The molecule has 0 bridgehead atoms. The van der Waals surface area contributed by atoms with E-state index in [1.165, 1.54) is 0 Å². The van der Waals surface area contributed by atoms with Gasteiger partial charge in [0.2, 0.25) is 0 Å². The maximum atomic E-state index is 11.8. The van der Waals surface area contributed by atoms with Crippen molar-refractivity contribution in [2.45, 2.75) is 26.3 Å². The molecule has 1 aliphatic rings. The van der Waals surface area contributed by atoms with Crippen LogP contribution in [-0.4, -0.2) is 39.8 Å². The van der Waals surface area contributed by atoms with E-state index in [4.69, 9.17) is 0 Å². The van der Waals surface area contributed by atoms with Gasteiger partial charge in [-0.15, -0.1) is 0 Å². The Hall–Kier alpha value is -2.67. The van der Waals surface area contributed by atoms with Crippen molar-refractivity contribution in [1.29, 1.82) is 0 Å². The summed E-state index contributed by atoms with van der Waals surface area (Å²) in [4.78, 5) is 4.51. The largest absolute Gasteiger partial charge is 0.506 e. The van der Waals surface area contributed by atoms with Gasteiger partial charge < -0.3 is 5.11 Å². The normalized spacial score (nSPS) is 19.3. The number of rotatable bonds is 3. The fraction of sp³-hybridized carbons (Fsp3) is 0.300. The number of phenols is 1. The van der Waals surface area contributed by atoms with Crippen LogP contribution in [0.25, 0.3) is 23.1 Å². The number of phenolic OH excluding ortho intramolecular Hbond substituents is 1. The average Bonchev–Trinajstić information content (AvgIpc) is 3.12. The van der Waals surface area contributed by atoms with Gasteiger partial charge >= 0.3 is 0 Å². The van der Waals surface area contributed by atoms with Crippen molar-refractivity contribution in [2.24, 2.45) is 0 Å². The van der Waals surface area contributed by atoms with Crippen LogP contribution in [0, 0.1) is 13.8 Å². The molecule has 7 heteroatoms. The van der Waals surface area contributed by atoms with Gasteiger partial charge in [0.1, 0.15) is 11.3 Å². The van der Waals surface area contributed by atoms with Gasteiger partial charge in [0.15, 0.2) is 9.84 Å². The van der Waals surface area contributed by atoms with Crippen LogP contribution in [0.1, 0.15) is 35.1 Å². The summed E-state index contributed by atoms with van der Waals surface area (Å²) in [6.07, 6.45) is 4.45. The minimum atomic E-state index is -2.96. The first-order chi connectivity index (χ1) is 12.8. The van der Waals surface area contributed by atoms with Crippen LogP contribution in [0.3, 0.4) is 0 Å². The van der Waals surface area contributed by atoms with Gasteiger partial charge in [-0.2, -0.15) is 5.10 Å². The second-order valence-electron chi connectivity index (χ2n) is 7.00. The van der Waals surface area contributed by atoms with E-state index in [2.05, 4.69) is 10.1 Å². The number of hydrogen-bond donors (Lipinski definition) is 1. The van der Waals surface area contributed by atoms with Crippen LogP contribution in [0.15, 0.2) is 30.3 Å². The number of hydrogen-bond acceptors (Lipinski definition) is 5. The molecule has 1 aliphatic heterocycles. The molecule has 4 rings (SSSR count). The number of sulfone groups is 1. The third-order valence-electron chi connectivity index (χ3n) is 5.08. The number of para-hydroxylation sites is 1. The van der Waals surface area contributed by atoms with E-state index in [1.807, 2.05) is 48.9 Å². The smallest absolute Gasteiger partial charge is 0.152 e. The SMILES string of the molecule is Cc1nn([C@H]2CCS(=O)(=O)C2)c(C)c1/C=C/c1ccc2cccc(O)c2n1. The minimum Gasteiger partial charge on any atom is -0.506 e. The number of aromatic hydroxyl groups is 1. The molecule has 1 aromatic carbocycles. The van der Waals surface area contributed by atoms with Crippen molar-refractivity contribution < 1.29 is 13.5 Å². The summed E-state index contributed by atoms with van der Waals surface area (Å²) in [6, 6.07) is 9.05. The molecule has 1 atom stereocenters. The predicted molar refractivity (Wildman–Crippen MR) is 106 cm³/mol. The molecule has 27 heavy (non-hydrogen) atoms. The standard InChI is InChI=1S/C20H21N3O3S/c1-13-18(14(2)23(22-13)17-10-11-27(25,26)12-17)9-8-16-7-6-15-4-3-5-19(24)20(15)21-16/h3-9,17,24H,10-12H2,1-2H3/b9-8+/t17-/m0/s1. The van der Waals surface area contributed by atoms with Crippen LogP contribution >= 0.6 is 0 Å². The molecule has 3 heterocycles. The van der Waals surface area contributed by atoms with Crippen LogP contribution in [-0.2, 0) is 9.84 Å². The Kier molecular flexibility index (Phi) is 4.26. The lowest BCUT2D eigenvalue weighted by atomic mass is 10.1. The molecular formula is C20H21N3O3S. The van der Waals surface area contributed by atoms with E-state index in [1.54, 1.807) is 12.1 Å². The maximum Gasteiger partial charge on any atom is 0.152 e. The summed E-state index contributed by atoms with van der Waals surface area (Å²) in [5.41, 5.74) is 4.09. The molecule has 0 saturated carbocycles. The number of aryl methyl sites for hydroxylation is 1. The molecule has 1 N–H and O–H groups in total. The molecule has 1 fully saturated rings. The summed E-state index contributed by atoms with van der Waals surface area (Å²) in [5, 5.41) is 15.4. The van der Waals surface area contributed by atoms with Crippen molar-refractivity contribution in [3.63, 3.8) is 0 Å². The Bertz CT molecular complexity index is 1160. The van der Waals surface area contributed by atoms with Gasteiger partial charge in [0.05, 0.1) is 28.9 Å². The number of fused-ring (bicyclic) bond motifs is 1. The first-order valence-corrected chi connectivity index (χ1v) is 10.7. The fourth-order valence-electron chi connectivity index (χ4n) is 3.65. The van der Waals surface area contributed by atoms with Crippen molar-refractivity contribution in [1.82, 2.24) is 14.8 Å². The first-order valence-electron chi connectivity index (χ1n) is 8.87. The molecule has 0 spiro atoms. The third-order valence-corrected chi connectivity index (χ3v) is 6.83. The summed E-state index contributed by atoms with van der Waals surface area (Å²) in [7, 11) is -2.96. The van der Waals surface area contributed by atoms with Gasteiger partial charge in [-0.1, -0.05) is 18.2 Å². The van der Waals surface area contributed by atoms with Gasteiger partial charge in [0.25, 0.3) is 0 Å². The number of benzene rings is 1. The Morgan fingerprint density at radius 2 is 2.00 bits per heavy atom. The Balaban J connectivity index is 1.66. The highest BCUT2D eigenvalue weighted by molar-refractivity contribution is 7.91. The van der Waals surface area contributed by atoms with E-state index in [0.29, 0.717) is 11.9 Å². The molecule has 0 unspecified atom stereocenters. The van der Waals surface area contributed by atoms with Crippen LogP contribution < -0.4 is 0 Å². The molecule has 140 valence electrons. The Morgan fingerprint density at radius 1 is 1.19 bits per heavy atom. The molecule has 0 aliphatic carbocycles. The number of aromatic nitrogens is 3. The topological polar surface area (TPSA) is 85.1 Å². The fourth-order valence-corrected chi connectivity index (χ4v) is 5.34. The number of nitrogens with zero attached hydrogens (tertiary/aromatic N) is 3. The monoisotopic (exact) mass is 383 g/mol. The van der Waals surface area contributed by atoms with Crippen LogP contribution in [0.4, 0.5) is 0 Å². The second-order valence-corrected chi connectivity index (χ2v) is 9.23.